The zero-order chi connectivity index (χ0) is 17.7. The normalized spacial score (nSPS) is 10.0. The minimum atomic E-state index is -0.903. The van der Waals surface area contributed by atoms with E-state index in [9.17, 15) is 9.59 Å². The second kappa shape index (κ2) is 7.90. The highest BCUT2D eigenvalue weighted by Gasteiger charge is 2.17. The number of para-hydroxylation sites is 1. The average molecular weight is 369 g/mol. The molecule has 2 aromatic rings. The summed E-state index contributed by atoms with van der Waals surface area (Å²) < 4.78 is 10.2. The van der Waals surface area contributed by atoms with E-state index in [4.69, 9.17) is 32.7 Å². The highest BCUT2D eigenvalue weighted by atomic mass is 35.5. The molecule has 6 nitrogen and oxygen atoms in total. The summed E-state index contributed by atoms with van der Waals surface area (Å²) in [5.41, 5.74) is 0.548. The molecule has 0 aromatic heterocycles. The maximum atomic E-state index is 12.0. The number of carbonyl (C=O) groups excluding carboxylic acids is 2. The van der Waals surface area contributed by atoms with E-state index in [1.807, 2.05) is 0 Å². The zero-order valence-corrected chi connectivity index (χ0v) is 14.4. The van der Waals surface area contributed by atoms with E-state index in [0.717, 1.165) is 0 Å². The number of anilines is 2. The first-order valence-corrected chi connectivity index (χ1v) is 7.50. The summed E-state index contributed by atoms with van der Waals surface area (Å²) in [5.74, 6) is -0.856. The zero-order valence-electron chi connectivity index (χ0n) is 12.9. The fraction of sp³-hybridized carbons (Fsp3) is 0.125. The predicted octanol–water partition coefficient (Wildman–Crippen LogP) is 3.59. The summed E-state index contributed by atoms with van der Waals surface area (Å²) in [7, 11) is 2.96. The summed E-state index contributed by atoms with van der Waals surface area (Å²) >= 11 is 11.9. The summed E-state index contributed by atoms with van der Waals surface area (Å²) in [6.45, 7) is 0. The van der Waals surface area contributed by atoms with Crippen molar-refractivity contribution in [2.24, 2.45) is 0 Å². The van der Waals surface area contributed by atoms with Gasteiger partial charge in [0.05, 0.1) is 30.0 Å². The van der Waals surface area contributed by atoms with Gasteiger partial charge in [0.15, 0.2) is 11.5 Å². The van der Waals surface area contributed by atoms with Crippen molar-refractivity contribution in [1.82, 2.24) is 0 Å². The van der Waals surface area contributed by atoms with Crippen LogP contribution in [0.4, 0.5) is 11.4 Å². The summed E-state index contributed by atoms with van der Waals surface area (Å²) in [6.07, 6.45) is 0. The van der Waals surface area contributed by atoms with Gasteiger partial charge in [-0.1, -0.05) is 29.3 Å². The predicted molar refractivity (Wildman–Crippen MR) is 93.3 cm³/mol. The molecule has 24 heavy (non-hydrogen) atoms. The van der Waals surface area contributed by atoms with Gasteiger partial charge in [-0.05, 0) is 24.3 Å². The molecule has 0 heterocycles. The summed E-state index contributed by atoms with van der Waals surface area (Å²) in [6, 6.07) is 9.45. The molecule has 0 radical (unpaired) electrons. The van der Waals surface area contributed by atoms with Gasteiger partial charge >= 0.3 is 11.8 Å². The third-order valence-electron chi connectivity index (χ3n) is 3.05. The monoisotopic (exact) mass is 368 g/mol. The molecule has 8 heteroatoms. The molecule has 0 saturated heterocycles. The number of ether oxygens (including phenoxy) is 2. The van der Waals surface area contributed by atoms with E-state index >= 15 is 0 Å². The molecule has 0 aliphatic carbocycles. The van der Waals surface area contributed by atoms with Gasteiger partial charge in [0.2, 0.25) is 0 Å². The highest BCUT2D eigenvalue weighted by molar-refractivity contribution is 6.46. The number of methoxy groups -OCH3 is 2. The van der Waals surface area contributed by atoms with E-state index in [1.54, 1.807) is 30.3 Å². The third kappa shape index (κ3) is 4.10. The Balaban J connectivity index is 2.11. The molecule has 0 fully saturated rings. The Hall–Kier alpha value is -2.44. The number of benzene rings is 2. The lowest BCUT2D eigenvalue weighted by Crippen LogP contribution is -2.29. The van der Waals surface area contributed by atoms with Crippen molar-refractivity contribution in [1.29, 1.82) is 0 Å². The molecular weight excluding hydrogens is 355 g/mol. The standard InChI is InChI=1S/C16H14Cl2N2O4/c1-23-12-7-6-9(8-13(12)24-2)19-15(21)16(22)20-14-10(17)4-3-5-11(14)18/h3-8H,1-2H3,(H,19,21)(H,20,22). The van der Waals surface area contributed by atoms with Gasteiger partial charge < -0.3 is 20.1 Å². The molecule has 0 bridgehead atoms. The molecular formula is C16H14Cl2N2O4. The topological polar surface area (TPSA) is 76.7 Å². The third-order valence-corrected chi connectivity index (χ3v) is 3.68. The van der Waals surface area contributed by atoms with Crippen LogP contribution in [0.2, 0.25) is 10.0 Å². The minimum Gasteiger partial charge on any atom is -0.493 e. The molecule has 0 aliphatic rings. The quantitative estimate of drug-likeness (QED) is 0.808. The maximum Gasteiger partial charge on any atom is 0.314 e. The fourth-order valence-corrected chi connectivity index (χ4v) is 2.38. The number of rotatable bonds is 4. The van der Waals surface area contributed by atoms with Crippen molar-refractivity contribution in [3.8, 4) is 11.5 Å². The molecule has 0 atom stereocenters. The smallest absolute Gasteiger partial charge is 0.314 e. The number of hydrogen-bond donors (Lipinski definition) is 2. The first kappa shape index (κ1) is 17.9. The van der Waals surface area contributed by atoms with Crippen molar-refractivity contribution >= 4 is 46.4 Å². The number of carbonyl (C=O) groups is 2. The van der Waals surface area contributed by atoms with E-state index in [-0.39, 0.29) is 15.7 Å². The van der Waals surface area contributed by atoms with Crippen molar-refractivity contribution in [3.63, 3.8) is 0 Å². The van der Waals surface area contributed by atoms with Gasteiger partial charge in [-0.15, -0.1) is 0 Å². The maximum absolute atomic E-state index is 12.0. The molecule has 0 unspecified atom stereocenters. The first-order chi connectivity index (χ1) is 11.5. The number of amides is 2. The van der Waals surface area contributed by atoms with Crippen LogP contribution >= 0.6 is 23.2 Å². The fourth-order valence-electron chi connectivity index (χ4n) is 1.89. The molecule has 2 aromatic carbocycles. The Bertz CT molecular complexity index is 760. The highest BCUT2D eigenvalue weighted by Crippen LogP contribution is 2.31. The van der Waals surface area contributed by atoms with Crippen LogP contribution in [0.5, 0.6) is 11.5 Å². The lowest BCUT2D eigenvalue weighted by Gasteiger charge is -2.11. The second-order valence-corrected chi connectivity index (χ2v) is 5.39. The Kier molecular flexibility index (Phi) is 5.89. The minimum absolute atomic E-state index is 0.174. The second-order valence-electron chi connectivity index (χ2n) is 4.57. The molecule has 126 valence electrons. The van der Waals surface area contributed by atoms with Gasteiger partial charge in [0.1, 0.15) is 0 Å². The molecule has 0 aliphatic heterocycles. The van der Waals surface area contributed by atoms with Crippen LogP contribution in [-0.4, -0.2) is 26.0 Å². The van der Waals surface area contributed by atoms with E-state index in [1.165, 1.54) is 20.3 Å². The van der Waals surface area contributed by atoms with Crippen LogP contribution in [0.3, 0.4) is 0 Å². The molecule has 2 amide bonds. The molecule has 2 N–H and O–H groups in total. The van der Waals surface area contributed by atoms with Crippen LogP contribution in [0.1, 0.15) is 0 Å². The van der Waals surface area contributed by atoms with Crippen molar-refractivity contribution in [2.45, 2.75) is 0 Å². The molecule has 0 saturated carbocycles. The van der Waals surface area contributed by atoms with E-state index in [0.29, 0.717) is 17.2 Å². The van der Waals surface area contributed by atoms with Crippen LogP contribution in [-0.2, 0) is 9.59 Å². The van der Waals surface area contributed by atoms with Crippen LogP contribution < -0.4 is 20.1 Å². The summed E-state index contributed by atoms with van der Waals surface area (Å²) in [5, 5.41) is 5.30. The Morgan fingerprint density at radius 3 is 2.04 bits per heavy atom. The van der Waals surface area contributed by atoms with Gasteiger partial charge in [-0.3, -0.25) is 9.59 Å². The van der Waals surface area contributed by atoms with Gasteiger partial charge in [0.25, 0.3) is 0 Å². The Morgan fingerprint density at radius 2 is 1.46 bits per heavy atom. The van der Waals surface area contributed by atoms with Crippen molar-refractivity contribution in [2.75, 3.05) is 24.9 Å². The van der Waals surface area contributed by atoms with Gasteiger partial charge in [-0.2, -0.15) is 0 Å². The lowest BCUT2D eigenvalue weighted by molar-refractivity contribution is -0.132. The van der Waals surface area contributed by atoms with Gasteiger partial charge in [0, 0.05) is 11.8 Å². The van der Waals surface area contributed by atoms with Crippen LogP contribution in [0.25, 0.3) is 0 Å². The van der Waals surface area contributed by atoms with E-state index in [2.05, 4.69) is 10.6 Å². The van der Waals surface area contributed by atoms with Crippen molar-refractivity contribution < 1.29 is 19.1 Å². The SMILES string of the molecule is COc1ccc(NC(=O)C(=O)Nc2c(Cl)cccc2Cl)cc1OC. The largest absolute Gasteiger partial charge is 0.493 e. The first-order valence-electron chi connectivity index (χ1n) is 6.74. The number of hydrogen-bond acceptors (Lipinski definition) is 4. The molecule has 2 rings (SSSR count). The molecule has 0 spiro atoms. The van der Waals surface area contributed by atoms with Crippen LogP contribution in [0, 0.1) is 0 Å². The van der Waals surface area contributed by atoms with Crippen LogP contribution in [0.15, 0.2) is 36.4 Å². The number of halogens is 2. The number of nitrogens with one attached hydrogen (secondary N) is 2. The average Bonchev–Trinajstić information content (AvgIpc) is 2.57. The Morgan fingerprint density at radius 1 is 0.875 bits per heavy atom. The van der Waals surface area contributed by atoms with E-state index < -0.39 is 11.8 Å². The lowest BCUT2D eigenvalue weighted by atomic mass is 10.2. The van der Waals surface area contributed by atoms with Gasteiger partial charge in [-0.25, -0.2) is 0 Å². The Labute approximate surface area is 148 Å². The van der Waals surface area contributed by atoms with Crippen molar-refractivity contribution in [3.05, 3.63) is 46.4 Å². The summed E-state index contributed by atoms with van der Waals surface area (Å²) in [4.78, 5) is 24.0.